The monoisotopic (exact) mass is 652 g/mol. The molecule has 1 heterocycles. The van der Waals surface area contributed by atoms with Crippen LogP contribution in [0.1, 0.15) is 11.3 Å². The predicted octanol–water partition coefficient (Wildman–Crippen LogP) is 12.8. The van der Waals surface area contributed by atoms with Gasteiger partial charge in [-0.05, 0) is 115 Å². The standard InChI is InChI=1S/C49H36N2/c1-33-45-32-39(28-29-47(45)51(46(33)30-31-50)40-14-6-3-7-15-40)36-22-20-34(21-23-36)35-24-26-38(27-25-35)49-43-18-10-8-16-41(43)48(37-12-4-2-5-13-37)42-17-9-11-19-44(42)49/h2-32H,50H2,1H3/b31-30-. The second kappa shape index (κ2) is 12.7. The third kappa shape index (κ3) is 5.21. The van der Waals surface area contributed by atoms with Gasteiger partial charge in [0.15, 0.2) is 0 Å². The summed E-state index contributed by atoms with van der Waals surface area (Å²) in [5.74, 6) is 0. The molecular weight excluding hydrogens is 617 g/mol. The maximum absolute atomic E-state index is 5.89. The zero-order valence-electron chi connectivity index (χ0n) is 28.4. The molecule has 0 saturated carbocycles. The van der Waals surface area contributed by atoms with E-state index in [9.17, 15) is 0 Å². The van der Waals surface area contributed by atoms with E-state index < -0.39 is 0 Å². The Morgan fingerprint density at radius 3 is 1.33 bits per heavy atom. The summed E-state index contributed by atoms with van der Waals surface area (Å²) >= 11 is 0. The Labute approximate surface area is 298 Å². The van der Waals surface area contributed by atoms with Crippen molar-refractivity contribution in [2.75, 3.05) is 0 Å². The Hall–Kier alpha value is -6.64. The van der Waals surface area contributed by atoms with Crippen molar-refractivity contribution in [1.82, 2.24) is 4.57 Å². The van der Waals surface area contributed by atoms with E-state index >= 15 is 0 Å². The van der Waals surface area contributed by atoms with Gasteiger partial charge >= 0.3 is 0 Å². The van der Waals surface area contributed by atoms with Gasteiger partial charge in [0, 0.05) is 11.1 Å². The molecule has 0 spiro atoms. The lowest BCUT2D eigenvalue weighted by Gasteiger charge is -2.18. The van der Waals surface area contributed by atoms with Crippen LogP contribution in [0.15, 0.2) is 182 Å². The molecule has 1 aromatic heterocycles. The Kier molecular flexibility index (Phi) is 7.56. The van der Waals surface area contributed by atoms with Crippen molar-refractivity contribution in [3.05, 3.63) is 193 Å². The maximum atomic E-state index is 5.89. The van der Waals surface area contributed by atoms with Gasteiger partial charge in [-0.3, -0.25) is 0 Å². The average molecular weight is 653 g/mol. The maximum Gasteiger partial charge on any atom is 0.0538 e. The van der Waals surface area contributed by atoms with E-state index in [4.69, 9.17) is 5.73 Å². The summed E-state index contributed by atoms with van der Waals surface area (Å²) in [4.78, 5) is 0. The van der Waals surface area contributed by atoms with Crippen LogP contribution in [0.3, 0.4) is 0 Å². The van der Waals surface area contributed by atoms with Crippen LogP contribution in [-0.2, 0) is 0 Å². The van der Waals surface area contributed by atoms with Crippen molar-refractivity contribution in [1.29, 1.82) is 0 Å². The number of para-hydroxylation sites is 1. The van der Waals surface area contributed by atoms with E-state index in [1.807, 2.05) is 12.1 Å². The fourth-order valence-corrected chi connectivity index (χ4v) is 7.83. The molecule has 0 amide bonds. The molecule has 0 bridgehead atoms. The number of benzene rings is 8. The van der Waals surface area contributed by atoms with Crippen LogP contribution >= 0.6 is 0 Å². The molecule has 242 valence electrons. The molecule has 9 aromatic rings. The van der Waals surface area contributed by atoms with Gasteiger partial charge in [-0.2, -0.15) is 0 Å². The van der Waals surface area contributed by atoms with E-state index in [0.29, 0.717) is 0 Å². The normalized spacial score (nSPS) is 11.6. The van der Waals surface area contributed by atoms with Crippen molar-refractivity contribution in [3.8, 4) is 50.2 Å². The molecule has 0 radical (unpaired) electrons. The Bertz CT molecular complexity index is 2660. The van der Waals surface area contributed by atoms with Crippen molar-refractivity contribution in [2.24, 2.45) is 5.73 Å². The molecule has 0 aliphatic carbocycles. The molecule has 51 heavy (non-hydrogen) atoms. The lowest BCUT2D eigenvalue weighted by atomic mass is 9.86. The molecule has 2 nitrogen and oxygen atoms in total. The second-order valence-electron chi connectivity index (χ2n) is 13.1. The number of fused-ring (bicyclic) bond motifs is 3. The Morgan fingerprint density at radius 1 is 0.412 bits per heavy atom. The number of aryl methyl sites for hydroxylation is 1. The van der Waals surface area contributed by atoms with Crippen molar-refractivity contribution < 1.29 is 0 Å². The van der Waals surface area contributed by atoms with Gasteiger partial charge < -0.3 is 10.3 Å². The molecule has 0 unspecified atom stereocenters. The van der Waals surface area contributed by atoms with Gasteiger partial charge in [-0.25, -0.2) is 0 Å². The van der Waals surface area contributed by atoms with Crippen LogP contribution in [-0.4, -0.2) is 4.57 Å². The Morgan fingerprint density at radius 2 is 0.824 bits per heavy atom. The molecule has 2 N–H and O–H groups in total. The molecule has 9 rings (SSSR count). The third-order valence-corrected chi connectivity index (χ3v) is 10.3. The first kappa shape index (κ1) is 30.4. The number of rotatable bonds is 6. The van der Waals surface area contributed by atoms with Crippen LogP contribution in [0.5, 0.6) is 0 Å². The number of nitrogens with two attached hydrogens (primary N) is 1. The van der Waals surface area contributed by atoms with Gasteiger partial charge in [0.25, 0.3) is 0 Å². The van der Waals surface area contributed by atoms with E-state index in [1.54, 1.807) is 6.20 Å². The molecule has 0 aliphatic heterocycles. The first-order valence-electron chi connectivity index (χ1n) is 17.5. The number of nitrogens with zero attached hydrogens (tertiary/aromatic N) is 1. The predicted molar refractivity (Wildman–Crippen MR) is 218 cm³/mol. The summed E-state index contributed by atoms with van der Waals surface area (Å²) in [6.07, 6.45) is 3.62. The summed E-state index contributed by atoms with van der Waals surface area (Å²) in [6.45, 7) is 2.18. The average Bonchev–Trinajstić information content (AvgIpc) is 3.47. The highest BCUT2D eigenvalue weighted by Gasteiger charge is 2.17. The minimum atomic E-state index is 1.10. The smallest absolute Gasteiger partial charge is 0.0538 e. The second-order valence-corrected chi connectivity index (χ2v) is 13.1. The van der Waals surface area contributed by atoms with E-state index in [0.717, 1.165) is 11.4 Å². The van der Waals surface area contributed by atoms with Crippen molar-refractivity contribution in [2.45, 2.75) is 6.92 Å². The first-order valence-corrected chi connectivity index (χ1v) is 17.5. The summed E-state index contributed by atoms with van der Waals surface area (Å²) in [5.41, 5.74) is 20.3. The molecule has 0 fully saturated rings. The molecule has 0 atom stereocenters. The van der Waals surface area contributed by atoms with Gasteiger partial charge in [0.05, 0.1) is 11.2 Å². The quantitative estimate of drug-likeness (QED) is 0.178. The molecular formula is C49H36N2. The molecule has 0 aliphatic rings. The summed E-state index contributed by atoms with van der Waals surface area (Å²) in [5, 5.41) is 6.30. The highest BCUT2D eigenvalue weighted by molar-refractivity contribution is 6.21. The van der Waals surface area contributed by atoms with Gasteiger partial charge in [0.1, 0.15) is 0 Å². The van der Waals surface area contributed by atoms with Crippen LogP contribution < -0.4 is 5.73 Å². The largest absolute Gasteiger partial charge is 0.405 e. The topological polar surface area (TPSA) is 30.9 Å². The van der Waals surface area contributed by atoms with Crippen molar-refractivity contribution >= 4 is 38.5 Å². The highest BCUT2D eigenvalue weighted by atomic mass is 15.0. The lowest BCUT2D eigenvalue weighted by Crippen LogP contribution is -1.97. The van der Waals surface area contributed by atoms with Crippen LogP contribution in [0.4, 0.5) is 0 Å². The third-order valence-electron chi connectivity index (χ3n) is 10.3. The zero-order chi connectivity index (χ0) is 34.3. The summed E-state index contributed by atoms with van der Waals surface area (Å²) < 4.78 is 2.29. The van der Waals surface area contributed by atoms with Crippen LogP contribution in [0.2, 0.25) is 0 Å². The van der Waals surface area contributed by atoms with Crippen LogP contribution in [0, 0.1) is 6.92 Å². The van der Waals surface area contributed by atoms with Gasteiger partial charge in [0.2, 0.25) is 0 Å². The summed E-state index contributed by atoms with van der Waals surface area (Å²) in [7, 11) is 0. The van der Waals surface area contributed by atoms with Crippen molar-refractivity contribution in [3.63, 3.8) is 0 Å². The minimum Gasteiger partial charge on any atom is -0.405 e. The minimum absolute atomic E-state index is 1.10. The number of aromatic nitrogens is 1. The van der Waals surface area contributed by atoms with E-state index in [2.05, 4.69) is 181 Å². The number of hydrogen-bond donors (Lipinski definition) is 1. The van der Waals surface area contributed by atoms with Crippen LogP contribution in [0.25, 0.3) is 88.7 Å². The van der Waals surface area contributed by atoms with Gasteiger partial charge in [-0.1, -0.05) is 152 Å². The number of hydrogen-bond acceptors (Lipinski definition) is 1. The van der Waals surface area contributed by atoms with E-state index in [1.165, 1.54) is 82.5 Å². The lowest BCUT2D eigenvalue weighted by molar-refractivity contribution is 1.10. The first-order chi connectivity index (χ1) is 25.2. The molecule has 0 saturated heterocycles. The van der Waals surface area contributed by atoms with Gasteiger partial charge in [-0.15, -0.1) is 0 Å². The summed E-state index contributed by atoms with van der Waals surface area (Å²) in [6, 6.07) is 63.6. The fraction of sp³-hybridized carbons (Fsp3) is 0.0204. The molecule has 2 heteroatoms. The van der Waals surface area contributed by atoms with E-state index in [-0.39, 0.29) is 0 Å². The Balaban J connectivity index is 1.07. The zero-order valence-corrected chi connectivity index (χ0v) is 28.4. The SMILES string of the molecule is Cc1c(/C=C\N)n(-c2ccccc2)c2ccc(-c3ccc(-c4ccc(-c5c6ccccc6c(-c6ccccc6)c6ccccc56)cc4)cc3)cc12. The highest BCUT2D eigenvalue weighted by Crippen LogP contribution is 2.44. The fourth-order valence-electron chi connectivity index (χ4n) is 7.83. The molecule has 8 aromatic carbocycles.